The number of ketones is 1. The first kappa shape index (κ1) is 52.3. The number of nitrogens with zero attached hydrogens (tertiary/aromatic N) is 1. The zero-order valence-corrected chi connectivity index (χ0v) is 46.3. The molecule has 14 heteroatoms. The fourth-order valence-electron chi connectivity index (χ4n) is 14.9. The molecule has 2 aromatic rings. The average molecular weight is 1050 g/mol. The zero-order valence-electron chi connectivity index (χ0n) is 45.3. The van der Waals surface area contributed by atoms with Gasteiger partial charge in [0.25, 0.3) is 11.8 Å². The van der Waals surface area contributed by atoms with Crippen molar-refractivity contribution in [3.8, 4) is 0 Å². The molecule has 0 N–H and O–H groups in total. The topological polar surface area (TPSA) is 138 Å². The van der Waals surface area contributed by atoms with Gasteiger partial charge >= 0.3 is 0 Å². The predicted molar refractivity (Wildman–Crippen MR) is 282 cm³/mol. The molecule has 0 radical (unpaired) electrons. The normalized spacial score (nSPS) is 42.2. The Morgan fingerprint density at radius 1 is 0.707 bits per heavy atom. The number of hydrogen-bond acceptors (Lipinski definition) is 12. The Hall–Kier alpha value is -3.41. The van der Waals surface area contributed by atoms with E-state index in [1.807, 2.05) is 18.2 Å². The molecule has 11 aliphatic rings. The summed E-state index contributed by atoms with van der Waals surface area (Å²) in [6.07, 6.45) is 4.77. The first-order valence-corrected chi connectivity index (χ1v) is 31.6. The van der Waals surface area contributed by atoms with Crippen LogP contribution >= 0.6 is 0 Å². The molecule has 20 atom stereocenters. The van der Waals surface area contributed by atoms with Crippen LogP contribution in [0, 0.1) is 23.7 Å². The lowest BCUT2D eigenvalue weighted by Gasteiger charge is -2.47. The standard InChI is InChI=1S/C61H81NO12Si/c1-33-25-38-19-21-46-34(2)26-40(66-46)23-24-61-31-51-54(72-61)55-56(71-51)57(73-61)53-47(70-55)22-20-39(68-53)28-45(63)44(27-37-15-11-10-12-16-37)52-36(4)48(69-50(52)30-49(67-38)35(33)3)29-41(74-75(8,9)60(5,6)7)32-62-58(64)42-17-13-14-18-43(42)59(62)65/h10-18,33,36,38-41,44,46-57H,2-3,19-32H2,1,4-9H3/t33-,36?,38+,39?,40+,41+,44?,46?,47+,48-,49-,50?,51+,52?,53+,54+,55+,56-,57+,61?/m1/s1. The van der Waals surface area contributed by atoms with Gasteiger partial charge < -0.3 is 42.3 Å². The number of rotatable bonds is 8. The second-order valence-corrected chi connectivity index (χ2v) is 30.7. The van der Waals surface area contributed by atoms with Crippen molar-refractivity contribution in [2.75, 3.05) is 6.54 Å². The van der Waals surface area contributed by atoms with E-state index in [1.165, 1.54) is 4.90 Å². The van der Waals surface area contributed by atoms with E-state index in [2.05, 4.69) is 73.0 Å². The highest BCUT2D eigenvalue weighted by molar-refractivity contribution is 6.74. The molecule has 0 aromatic heterocycles. The SMILES string of the molecule is C=C1C[C@@H]2CCC34C[C@@H]5O[C@@H]6[C@@H](O[C@H]7CCC(CC(=O)C(Cc8ccccc8)C8C(C[C@H]9O[C@@H](CCC1O2)C[C@@H](C)C9=C)O[C@H](C[C@@H](CN1C(=O)c2ccccc2C1=O)O[Si](C)(C)C(C)(C)C)C8C)O[C@@H]7[C@@H]6O3)[C@H]5O4. The fourth-order valence-corrected chi connectivity index (χ4v) is 16.3. The molecule has 13 rings (SSSR count). The predicted octanol–water partition coefficient (Wildman–Crippen LogP) is 9.89. The fraction of sp³-hybridized carbons (Fsp3) is 0.689. The van der Waals surface area contributed by atoms with E-state index in [0.29, 0.717) is 49.7 Å². The summed E-state index contributed by atoms with van der Waals surface area (Å²) in [6, 6.07) is 17.4. The molecule has 10 fully saturated rings. The van der Waals surface area contributed by atoms with Gasteiger partial charge in [0.15, 0.2) is 14.1 Å². The van der Waals surface area contributed by atoms with E-state index in [1.54, 1.807) is 24.3 Å². The van der Waals surface area contributed by atoms with E-state index >= 15 is 4.79 Å². The van der Waals surface area contributed by atoms with Crippen molar-refractivity contribution >= 4 is 25.9 Å². The van der Waals surface area contributed by atoms with Crippen LogP contribution in [0.25, 0.3) is 0 Å². The first-order valence-electron chi connectivity index (χ1n) is 28.7. The second-order valence-electron chi connectivity index (χ2n) is 25.9. The van der Waals surface area contributed by atoms with Crippen molar-refractivity contribution in [3.05, 3.63) is 95.6 Å². The lowest BCUT2D eigenvalue weighted by Crippen LogP contribution is -2.61. The summed E-state index contributed by atoms with van der Waals surface area (Å²) >= 11 is 0. The van der Waals surface area contributed by atoms with Crippen LogP contribution in [0.15, 0.2) is 78.9 Å². The van der Waals surface area contributed by atoms with Gasteiger partial charge in [-0.2, -0.15) is 0 Å². The van der Waals surface area contributed by atoms with Crippen LogP contribution < -0.4 is 0 Å². The molecule has 2 aromatic carbocycles. The number of fused-ring (bicyclic) bond motifs is 7. The number of hydrogen-bond donors (Lipinski definition) is 0. The Labute approximate surface area is 445 Å². The molecule has 2 amide bonds. The smallest absolute Gasteiger partial charge is 0.261 e. The highest BCUT2D eigenvalue weighted by Gasteiger charge is 2.69. The molecule has 1 spiro atoms. The van der Waals surface area contributed by atoms with Gasteiger partial charge in [-0.3, -0.25) is 19.3 Å². The maximum Gasteiger partial charge on any atom is 0.261 e. The highest BCUT2D eigenvalue weighted by Crippen LogP contribution is 2.55. The maximum absolute atomic E-state index is 15.8. The van der Waals surface area contributed by atoms with Crippen LogP contribution in [-0.2, 0) is 53.5 Å². The van der Waals surface area contributed by atoms with Gasteiger partial charge in [-0.15, -0.1) is 0 Å². The number of imide groups is 1. The largest absolute Gasteiger partial charge is 0.412 e. The van der Waals surface area contributed by atoms with Gasteiger partial charge in [-0.25, -0.2) is 0 Å². The van der Waals surface area contributed by atoms with Gasteiger partial charge in [0.2, 0.25) is 0 Å². The van der Waals surface area contributed by atoms with Crippen molar-refractivity contribution in [1.82, 2.24) is 4.90 Å². The third-order valence-corrected chi connectivity index (χ3v) is 24.5. The number of amides is 2. The molecule has 12 bridgehead atoms. The number of benzene rings is 2. The number of ether oxygens (including phenoxy) is 8. The summed E-state index contributed by atoms with van der Waals surface area (Å²) in [6.45, 7) is 24.8. The first-order chi connectivity index (χ1) is 35.8. The van der Waals surface area contributed by atoms with Crippen molar-refractivity contribution < 1.29 is 56.7 Å². The zero-order chi connectivity index (χ0) is 52.3. The minimum Gasteiger partial charge on any atom is -0.412 e. The lowest BCUT2D eigenvalue weighted by molar-refractivity contribution is -0.292. The molecular weight excluding hydrogens is 967 g/mol. The summed E-state index contributed by atoms with van der Waals surface area (Å²) in [5.41, 5.74) is 4.10. The minimum atomic E-state index is -2.47. The summed E-state index contributed by atoms with van der Waals surface area (Å²) in [7, 11) is -2.47. The van der Waals surface area contributed by atoms with E-state index in [4.69, 9.17) is 42.3 Å². The Balaban J connectivity index is 0.887. The van der Waals surface area contributed by atoms with Crippen LogP contribution in [0.2, 0.25) is 18.1 Å². The molecule has 11 aliphatic heterocycles. The van der Waals surface area contributed by atoms with Crippen LogP contribution in [-0.4, -0.2) is 135 Å². The number of Topliss-reactive ketones (excluding diaryl/α,β-unsaturated/α-hetero) is 1. The Morgan fingerprint density at radius 2 is 1.37 bits per heavy atom. The van der Waals surface area contributed by atoms with Crippen LogP contribution in [0.3, 0.4) is 0 Å². The molecule has 75 heavy (non-hydrogen) atoms. The van der Waals surface area contributed by atoms with Gasteiger partial charge in [0.05, 0.1) is 78.7 Å². The summed E-state index contributed by atoms with van der Waals surface area (Å²) in [4.78, 5) is 45.1. The van der Waals surface area contributed by atoms with Gasteiger partial charge in [-0.1, -0.05) is 90.2 Å². The molecule has 7 unspecified atom stereocenters. The molecule has 406 valence electrons. The molecule has 11 heterocycles. The van der Waals surface area contributed by atoms with E-state index < -0.39 is 32.2 Å². The quantitative estimate of drug-likeness (QED) is 0.141. The Morgan fingerprint density at radius 3 is 2.12 bits per heavy atom. The van der Waals surface area contributed by atoms with Crippen molar-refractivity contribution in [1.29, 1.82) is 0 Å². The third kappa shape index (κ3) is 9.75. The molecule has 13 nitrogen and oxygen atoms in total. The van der Waals surface area contributed by atoms with Crippen molar-refractivity contribution in [2.24, 2.45) is 23.7 Å². The number of carbonyl (C=O) groups is 3. The molecule has 0 aliphatic carbocycles. The van der Waals surface area contributed by atoms with E-state index in [-0.39, 0.29) is 133 Å². The average Bonchev–Trinajstić information content (AvgIpc) is 4.10. The molecular formula is C61H81NO12Si. The van der Waals surface area contributed by atoms with Crippen LogP contribution in [0.5, 0.6) is 0 Å². The van der Waals surface area contributed by atoms with E-state index in [9.17, 15) is 9.59 Å². The van der Waals surface area contributed by atoms with Gasteiger partial charge in [0.1, 0.15) is 36.3 Å². The molecule has 0 saturated carbocycles. The maximum atomic E-state index is 15.8. The van der Waals surface area contributed by atoms with Gasteiger partial charge in [-0.05, 0) is 110 Å². The Kier molecular flexibility index (Phi) is 14.0. The minimum absolute atomic E-state index is 0.0123. The Bertz CT molecular complexity index is 2490. The third-order valence-electron chi connectivity index (χ3n) is 20.0. The highest BCUT2D eigenvalue weighted by atomic mass is 28.4. The summed E-state index contributed by atoms with van der Waals surface area (Å²) in [5, 5.41) is -0.147. The van der Waals surface area contributed by atoms with Crippen LogP contribution in [0.4, 0.5) is 0 Å². The molecule has 10 saturated heterocycles. The summed E-state index contributed by atoms with van der Waals surface area (Å²) in [5.74, 6) is -1.84. The van der Waals surface area contributed by atoms with E-state index in [0.717, 1.165) is 55.2 Å². The van der Waals surface area contributed by atoms with Gasteiger partial charge in [0, 0.05) is 43.9 Å². The summed E-state index contributed by atoms with van der Waals surface area (Å²) < 4.78 is 63.6. The van der Waals surface area contributed by atoms with Crippen molar-refractivity contribution in [2.45, 2.75) is 234 Å². The van der Waals surface area contributed by atoms with Crippen LogP contribution in [0.1, 0.15) is 138 Å². The lowest BCUT2D eigenvalue weighted by atomic mass is 9.71. The second kappa shape index (κ2) is 20.0. The number of carbonyl (C=O) groups excluding carboxylic acids is 3. The monoisotopic (exact) mass is 1050 g/mol. The van der Waals surface area contributed by atoms with Crippen molar-refractivity contribution in [3.63, 3.8) is 0 Å².